The van der Waals surface area contributed by atoms with Gasteiger partial charge in [-0.05, 0) is 29.3 Å². The van der Waals surface area contributed by atoms with Gasteiger partial charge in [0.1, 0.15) is 0 Å². The van der Waals surface area contributed by atoms with Crippen molar-refractivity contribution in [2.45, 2.75) is 24.7 Å². The highest BCUT2D eigenvalue weighted by molar-refractivity contribution is 6.10. The first-order valence-corrected chi connectivity index (χ1v) is 10.5. The third kappa shape index (κ3) is 3.50. The fourth-order valence-corrected chi connectivity index (χ4v) is 4.52. The van der Waals surface area contributed by atoms with E-state index in [2.05, 4.69) is 10.6 Å². The van der Waals surface area contributed by atoms with Crippen molar-refractivity contribution in [3.8, 4) is 0 Å². The van der Waals surface area contributed by atoms with Crippen LogP contribution in [0.4, 0.5) is 11.4 Å². The number of rotatable bonds is 4. The van der Waals surface area contributed by atoms with Crippen LogP contribution in [0, 0.1) is 0 Å². The molecule has 32 heavy (non-hydrogen) atoms. The topological polar surface area (TPSA) is 92.3 Å². The van der Waals surface area contributed by atoms with E-state index in [0.717, 1.165) is 11.1 Å². The molecule has 0 fully saturated rings. The van der Waals surface area contributed by atoms with Gasteiger partial charge in [0.2, 0.25) is 11.8 Å². The number of benzene rings is 3. The third-order valence-electron chi connectivity index (χ3n) is 6.08. The van der Waals surface area contributed by atoms with E-state index in [1.54, 1.807) is 48.5 Å². The summed E-state index contributed by atoms with van der Waals surface area (Å²) in [5.74, 6) is -1.65. The van der Waals surface area contributed by atoms with Crippen LogP contribution < -0.4 is 10.6 Å². The van der Waals surface area contributed by atoms with Gasteiger partial charge in [-0.25, -0.2) is 0 Å². The van der Waals surface area contributed by atoms with Crippen molar-refractivity contribution in [2.75, 3.05) is 10.6 Å². The number of hydrogen-bond donors (Lipinski definition) is 2. The summed E-state index contributed by atoms with van der Waals surface area (Å²) in [5.41, 5.74) is 3.72. The fourth-order valence-electron chi connectivity index (χ4n) is 4.52. The lowest BCUT2D eigenvalue weighted by Crippen LogP contribution is -2.21. The molecule has 6 nitrogen and oxygen atoms in total. The molecular weight excluding hydrogens is 404 g/mol. The van der Waals surface area contributed by atoms with Gasteiger partial charge in [-0.2, -0.15) is 0 Å². The van der Waals surface area contributed by atoms with Crippen LogP contribution in [0.1, 0.15) is 56.5 Å². The monoisotopic (exact) mass is 424 g/mol. The molecule has 6 heteroatoms. The van der Waals surface area contributed by atoms with E-state index in [0.29, 0.717) is 22.5 Å². The molecule has 158 valence electrons. The Labute approximate surface area is 184 Å². The first kappa shape index (κ1) is 19.9. The molecule has 2 amide bonds. The van der Waals surface area contributed by atoms with Crippen LogP contribution in [0.3, 0.4) is 0 Å². The Kier molecular flexibility index (Phi) is 4.90. The van der Waals surface area contributed by atoms with Crippen LogP contribution in [-0.4, -0.2) is 23.4 Å². The van der Waals surface area contributed by atoms with Gasteiger partial charge in [-0.3, -0.25) is 19.2 Å². The molecule has 0 heterocycles. The molecule has 3 aromatic carbocycles. The molecule has 0 saturated heterocycles. The highest BCUT2D eigenvalue weighted by Crippen LogP contribution is 2.35. The van der Waals surface area contributed by atoms with E-state index >= 15 is 0 Å². The second-order valence-electron chi connectivity index (χ2n) is 8.09. The van der Waals surface area contributed by atoms with Crippen molar-refractivity contribution < 1.29 is 19.2 Å². The number of Topliss-reactive ketones (excluding diaryl/α,β-unsaturated/α-hetero) is 2. The van der Waals surface area contributed by atoms with Crippen molar-refractivity contribution in [2.24, 2.45) is 0 Å². The molecule has 0 aromatic heterocycles. The molecule has 0 aliphatic heterocycles. The van der Waals surface area contributed by atoms with E-state index < -0.39 is 11.8 Å². The minimum Gasteiger partial charge on any atom is -0.325 e. The summed E-state index contributed by atoms with van der Waals surface area (Å²) < 4.78 is 0. The zero-order chi connectivity index (χ0) is 22.2. The zero-order valence-electron chi connectivity index (χ0n) is 17.1. The summed E-state index contributed by atoms with van der Waals surface area (Å²) in [4.78, 5) is 50.1. The van der Waals surface area contributed by atoms with Gasteiger partial charge >= 0.3 is 0 Å². The van der Waals surface area contributed by atoms with E-state index in [9.17, 15) is 19.2 Å². The molecule has 2 N–H and O–H groups in total. The molecule has 3 aromatic rings. The number of ketones is 2. The Hall–Kier alpha value is -4.06. The van der Waals surface area contributed by atoms with E-state index in [4.69, 9.17) is 0 Å². The first-order valence-electron chi connectivity index (χ1n) is 10.5. The maximum Gasteiger partial charge on any atom is 0.232 e. The summed E-state index contributed by atoms with van der Waals surface area (Å²) >= 11 is 0. The molecule has 0 radical (unpaired) electrons. The van der Waals surface area contributed by atoms with Crippen molar-refractivity contribution in [1.82, 2.24) is 0 Å². The molecule has 2 aliphatic carbocycles. The predicted molar refractivity (Wildman–Crippen MR) is 120 cm³/mol. The maximum absolute atomic E-state index is 12.9. The van der Waals surface area contributed by atoms with Gasteiger partial charge in [0.05, 0.1) is 11.8 Å². The molecule has 5 rings (SSSR count). The summed E-state index contributed by atoms with van der Waals surface area (Å²) in [7, 11) is 0. The normalized spacial score (nSPS) is 18.8. The largest absolute Gasteiger partial charge is 0.325 e. The van der Waals surface area contributed by atoms with Gasteiger partial charge in [-0.1, -0.05) is 54.6 Å². The summed E-state index contributed by atoms with van der Waals surface area (Å²) in [6.07, 6.45) is 0.299. The average molecular weight is 424 g/mol. The number of nitrogens with one attached hydrogen (secondary N) is 2. The van der Waals surface area contributed by atoms with Gasteiger partial charge < -0.3 is 10.6 Å². The van der Waals surface area contributed by atoms with E-state index in [-0.39, 0.29) is 36.2 Å². The summed E-state index contributed by atoms with van der Waals surface area (Å²) in [5, 5.41) is 5.71. The van der Waals surface area contributed by atoms with Gasteiger partial charge in [0.15, 0.2) is 11.6 Å². The van der Waals surface area contributed by atoms with Gasteiger partial charge in [-0.15, -0.1) is 0 Å². The van der Waals surface area contributed by atoms with Crippen molar-refractivity contribution in [1.29, 1.82) is 0 Å². The number of fused-ring (bicyclic) bond motifs is 2. The molecule has 2 aliphatic rings. The molecule has 0 bridgehead atoms. The van der Waals surface area contributed by atoms with E-state index in [1.165, 1.54) is 0 Å². The molecular formula is C26H20N2O4. The Bertz CT molecular complexity index is 1190. The second kappa shape index (κ2) is 7.89. The predicted octanol–water partition coefficient (Wildman–Crippen LogP) is 4.30. The Balaban J connectivity index is 1.30. The molecule has 2 unspecified atom stereocenters. The number of carbonyl (C=O) groups is 4. The summed E-state index contributed by atoms with van der Waals surface area (Å²) in [6, 6.07) is 21.2. The Morgan fingerprint density at radius 1 is 0.625 bits per heavy atom. The number of anilines is 2. The summed E-state index contributed by atoms with van der Waals surface area (Å²) in [6.45, 7) is 0. The third-order valence-corrected chi connectivity index (χ3v) is 6.08. The SMILES string of the molecule is O=C1CC(C(=O)Nc2cccc(NC(=O)C3CC(=O)c4ccccc43)c2)c2ccccc21. The number of hydrogen-bond acceptors (Lipinski definition) is 4. The lowest BCUT2D eigenvalue weighted by molar-refractivity contribution is -0.118. The molecule has 0 saturated carbocycles. The zero-order valence-corrected chi connectivity index (χ0v) is 17.1. The highest BCUT2D eigenvalue weighted by Gasteiger charge is 2.35. The van der Waals surface area contributed by atoms with Crippen LogP contribution in [0.15, 0.2) is 72.8 Å². The standard InChI is InChI=1S/C26H20N2O4/c29-23-13-21(17-8-1-3-10-19(17)23)25(31)27-15-6-5-7-16(12-15)28-26(32)22-14-24(30)20-11-4-2-9-18(20)22/h1-12,21-22H,13-14H2,(H,27,31)(H,28,32). The van der Waals surface area contributed by atoms with Gasteiger partial charge in [0, 0.05) is 35.3 Å². The molecule has 2 atom stereocenters. The van der Waals surface area contributed by atoms with Crippen molar-refractivity contribution in [3.05, 3.63) is 95.1 Å². The average Bonchev–Trinajstić information content (AvgIpc) is 3.32. The number of amides is 2. The smallest absolute Gasteiger partial charge is 0.232 e. The minimum absolute atomic E-state index is 0.0341. The Morgan fingerprint density at radius 2 is 1.06 bits per heavy atom. The minimum atomic E-state index is -0.530. The Morgan fingerprint density at radius 3 is 1.53 bits per heavy atom. The van der Waals surface area contributed by atoms with Crippen LogP contribution in [0.5, 0.6) is 0 Å². The van der Waals surface area contributed by atoms with Crippen molar-refractivity contribution >= 4 is 34.8 Å². The van der Waals surface area contributed by atoms with E-state index in [1.807, 2.05) is 24.3 Å². The first-order chi connectivity index (χ1) is 15.5. The van der Waals surface area contributed by atoms with Crippen molar-refractivity contribution in [3.63, 3.8) is 0 Å². The van der Waals surface area contributed by atoms with Crippen LogP contribution in [-0.2, 0) is 9.59 Å². The maximum atomic E-state index is 12.9. The van der Waals surface area contributed by atoms with Crippen LogP contribution >= 0.6 is 0 Å². The second-order valence-corrected chi connectivity index (χ2v) is 8.09. The lowest BCUT2D eigenvalue weighted by atomic mass is 10.00. The molecule has 0 spiro atoms. The van der Waals surface area contributed by atoms with Crippen LogP contribution in [0.25, 0.3) is 0 Å². The van der Waals surface area contributed by atoms with Crippen LogP contribution in [0.2, 0.25) is 0 Å². The quantitative estimate of drug-likeness (QED) is 0.653. The van der Waals surface area contributed by atoms with Gasteiger partial charge in [0.25, 0.3) is 0 Å². The lowest BCUT2D eigenvalue weighted by Gasteiger charge is -2.14. The number of carbonyl (C=O) groups excluding carboxylic acids is 4. The highest BCUT2D eigenvalue weighted by atomic mass is 16.2. The fraction of sp³-hybridized carbons (Fsp3) is 0.154.